The van der Waals surface area contributed by atoms with Gasteiger partial charge in [0.15, 0.2) is 0 Å². The zero-order valence-electron chi connectivity index (χ0n) is 14.7. The Morgan fingerprint density at radius 1 is 1.10 bits per heavy atom. The minimum Gasteiger partial charge on any atom is -0.546 e. The molecule has 2 aromatic carbocycles. The van der Waals surface area contributed by atoms with Crippen LogP contribution in [0.2, 0.25) is 0 Å². The number of carboxylic acid groups (broad SMARTS) is 1. The lowest BCUT2D eigenvalue weighted by Crippen LogP contribution is -2.28. The van der Waals surface area contributed by atoms with Gasteiger partial charge >= 0.3 is 6.18 Å². The smallest absolute Gasteiger partial charge is 0.453 e. The van der Waals surface area contributed by atoms with Crippen LogP contribution in [0.15, 0.2) is 51.7 Å². The Morgan fingerprint density at radius 3 is 2.48 bits per heavy atom. The topological polar surface area (TPSA) is 98.0 Å². The van der Waals surface area contributed by atoms with Crippen LogP contribution in [0.1, 0.15) is 5.76 Å². The number of hydrogen-bond donors (Lipinski definition) is 0. The number of aliphatic carboxylic acids is 1. The lowest BCUT2D eigenvalue weighted by molar-refractivity contribution is -0.307. The molecule has 29 heavy (non-hydrogen) atoms. The second kappa shape index (κ2) is 7.74. The van der Waals surface area contributed by atoms with Gasteiger partial charge in [-0.05, 0) is 24.3 Å². The van der Waals surface area contributed by atoms with Crippen LogP contribution in [0.4, 0.5) is 13.2 Å². The van der Waals surface area contributed by atoms with Crippen LogP contribution in [-0.2, 0) is 11.0 Å². The van der Waals surface area contributed by atoms with Crippen molar-refractivity contribution < 1.29 is 41.7 Å². The van der Waals surface area contributed by atoms with Gasteiger partial charge in [0, 0.05) is 12.1 Å². The quantitative estimate of drug-likeness (QED) is 0.617. The van der Waals surface area contributed by atoms with Crippen molar-refractivity contribution in [3.8, 4) is 23.0 Å². The molecule has 3 aromatic rings. The van der Waals surface area contributed by atoms with Crippen LogP contribution >= 0.6 is 0 Å². The second-order valence-electron chi connectivity index (χ2n) is 5.69. The molecular formula is C19H12F3O7-. The number of carboxylic acids is 1. The zero-order valence-corrected chi connectivity index (χ0v) is 14.7. The molecule has 7 nitrogen and oxygen atoms in total. The number of benzene rings is 2. The summed E-state index contributed by atoms with van der Waals surface area (Å²) < 4.78 is 60.4. The van der Waals surface area contributed by atoms with Crippen molar-refractivity contribution in [2.45, 2.75) is 6.18 Å². The van der Waals surface area contributed by atoms with Crippen molar-refractivity contribution >= 4 is 16.9 Å². The van der Waals surface area contributed by atoms with Crippen LogP contribution in [0.5, 0.6) is 23.0 Å². The van der Waals surface area contributed by atoms with Crippen molar-refractivity contribution in [1.29, 1.82) is 0 Å². The standard InChI is InChI=1S/C19H13F3O7/c1-26-10-3-2-4-12(7-10)28-17-16(25)13-6-5-11(27-9-15(23)24)8-14(13)29-18(17)19(20,21)22/h2-8H,9H2,1H3,(H,23,24)/p-1. The lowest BCUT2D eigenvalue weighted by Gasteiger charge is -2.14. The highest BCUT2D eigenvalue weighted by atomic mass is 19.4. The number of carbonyl (C=O) groups excluding carboxylic acids is 1. The van der Waals surface area contributed by atoms with E-state index in [1.54, 1.807) is 6.07 Å². The molecule has 1 heterocycles. The Balaban J connectivity index is 2.12. The highest BCUT2D eigenvalue weighted by Gasteiger charge is 2.40. The third-order valence-electron chi connectivity index (χ3n) is 3.70. The molecule has 0 spiro atoms. The van der Waals surface area contributed by atoms with Gasteiger partial charge in [0.2, 0.25) is 11.2 Å². The van der Waals surface area contributed by atoms with Gasteiger partial charge < -0.3 is 28.5 Å². The number of halogens is 3. The van der Waals surface area contributed by atoms with Gasteiger partial charge in [0.25, 0.3) is 5.76 Å². The van der Waals surface area contributed by atoms with E-state index in [9.17, 15) is 27.9 Å². The van der Waals surface area contributed by atoms with E-state index in [4.69, 9.17) is 18.6 Å². The minimum absolute atomic E-state index is 0.0598. The number of carbonyl (C=O) groups is 1. The molecule has 0 atom stereocenters. The maximum absolute atomic E-state index is 13.5. The monoisotopic (exact) mass is 409 g/mol. The van der Waals surface area contributed by atoms with Crippen molar-refractivity contribution in [3.05, 3.63) is 58.4 Å². The fourth-order valence-corrected chi connectivity index (χ4v) is 2.45. The van der Waals surface area contributed by atoms with Crippen LogP contribution in [0.25, 0.3) is 11.0 Å². The molecule has 0 unspecified atom stereocenters. The fraction of sp³-hybridized carbons (Fsp3) is 0.158. The highest BCUT2D eigenvalue weighted by Crippen LogP contribution is 2.39. The average molecular weight is 409 g/mol. The van der Waals surface area contributed by atoms with Crippen molar-refractivity contribution in [2.24, 2.45) is 0 Å². The normalized spacial score (nSPS) is 11.3. The molecule has 152 valence electrons. The summed E-state index contributed by atoms with van der Waals surface area (Å²) in [5, 5.41) is 10.2. The van der Waals surface area contributed by atoms with E-state index < -0.39 is 41.3 Å². The summed E-state index contributed by atoms with van der Waals surface area (Å²) in [6, 6.07) is 9.02. The van der Waals surface area contributed by atoms with Crippen LogP contribution < -0.4 is 24.7 Å². The molecule has 1 aromatic heterocycles. The van der Waals surface area contributed by atoms with Crippen molar-refractivity contribution in [3.63, 3.8) is 0 Å². The molecule has 0 saturated heterocycles. The summed E-state index contributed by atoms with van der Waals surface area (Å²) in [5.41, 5.74) is -1.51. The summed E-state index contributed by atoms with van der Waals surface area (Å²) in [6.07, 6.45) is -5.04. The number of rotatable bonds is 6. The number of hydrogen-bond acceptors (Lipinski definition) is 7. The van der Waals surface area contributed by atoms with Crippen molar-refractivity contribution in [2.75, 3.05) is 13.7 Å². The Kier molecular flexibility index (Phi) is 5.35. The summed E-state index contributed by atoms with van der Waals surface area (Å²) in [6.45, 7) is -0.821. The summed E-state index contributed by atoms with van der Waals surface area (Å²) >= 11 is 0. The predicted molar refractivity (Wildman–Crippen MR) is 91.1 cm³/mol. The molecule has 0 bridgehead atoms. The molecule has 0 aliphatic heterocycles. The molecule has 3 rings (SSSR count). The molecule has 0 fully saturated rings. The van der Waals surface area contributed by atoms with E-state index in [1.807, 2.05) is 0 Å². The first-order valence-electron chi connectivity index (χ1n) is 8.01. The van der Waals surface area contributed by atoms with E-state index >= 15 is 0 Å². The first kappa shape index (κ1) is 20.1. The Bertz CT molecular complexity index is 1120. The maximum atomic E-state index is 13.5. The van der Waals surface area contributed by atoms with Crippen LogP contribution in [0, 0.1) is 0 Å². The van der Waals surface area contributed by atoms with Gasteiger partial charge in [-0.2, -0.15) is 13.2 Å². The zero-order chi connectivity index (χ0) is 21.2. The summed E-state index contributed by atoms with van der Waals surface area (Å²) in [7, 11) is 1.37. The Hall–Kier alpha value is -3.69. The summed E-state index contributed by atoms with van der Waals surface area (Å²) in [4.78, 5) is 23.1. The highest BCUT2D eigenvalue weighted by molar-refractivity contribution is 5.80. The molecule has 0 saturated carbocycles. The number of alkyl halides is 3. The Morgan fingerprint density at radius 2 is 1.83 bits per heavy atom. The first-order chi connectivity index (χ1) is 13.7. The molecule has 10 heteroatoms. The SMILES string of the molecule is COc1cccc(Oc2c(C(F)(F)F)oc3cc(OCC(=O)[O-])ccc3c2=O)c1. The van der Waals surface area contributed by atoms with Gasteiger partial charge in [-0.1, -0.05) is 6.07 Å². The van der Waals surface area contributed by atoms with Crippen molar-refractivity contribution in [1.82, 2.24) is 0 Å². The summed E-state index contributed by atoms with van der Waals surface area (Å²) in [5.74, 6) is -4.06. The number of ether oxygens (including phenoxy) is 3. The van der Waals surface area contributed by atoms with Crippen LogP contribution in [-0.4, -0.2) is 19.7 Å². The van der Waals surface area contributed by atoms with Gasteiger partial charge in [0.05, 0.1) is 18.5 Å². The Labute approximate surface area is 160 Å². The number of methoxy groups -OCH3 is 1. The van der Waals surface area contributed by atoms with E-state index in [1.165, 1.54) is 31.4 Å². The first-order valence-corrected chi connectivity index (χ1v) is 8.01. The molecule has 0 N–H and O–H groups in total. The molecular weight excluding hydrogens is 397 g/mol. The van der Waals surface area contributed by atoms with E-state index in [-0.39, 0.29) is 16.9 Å². The lowest BCUT2D eigenvalue weighted by atomic mass is 10.2. The third-order valence-corrected chi connectivity index (χ3v) is 3.70. The maximum Gasteiger partial charge on any atom is 0.453 e. The van der Waals surface area contributed by atoms with E-state index in [0.717, 1.165) is 12.1 Å². The average Bonchev–Trinajstić information content (AvgIpc) is 2.67. The molecule has 0 aliphatic rings. The number of fused-ring (bicyclic) bond motifs is 1. The van der Waals surface area contributed by atoms with Gasteiger partial charge in [-0.3, -0.25) is 4.79 Å². The molecule has 0 aliphatic carbocycles. The predicted octanol–water partition coefficient (Wildman–Crippen LogP) is 2.74. The largest absolute Gasteiger partial charge is 0.546 e. The van der Waals surface area contributed by atoms with Gasteiger partial charge in [-0.15, -0.1) is 0 Å². The van der Waals surface area contributed by atoms with Gasteiger partial charge in [0.1, 0.15) is 29.4 Å². The van der Waals surface area contributed by atoms with E-state index in [0.29, 0.717) is 5.75 Å². The second-order valence-corrected chi connectivity index (χ2v) is 5.69. The third kappa shape index (κ3) is 4.42. The molecule has 0 radical (unpaired) electrons. The van der Waals surface area contributed by atoms with Crippen LogP contribution in [0.3, 0.4) is 0 Å². The van der Waals surface area contributed by atoms with E-state index in [2.05, 4.69) is 0 Å². The fourth-order valence-electron chi connectivity index (χ4n) is 2.45. The van der Waals surface area contributed by atoms with Gasteiger partial charge in [-0.25, -0.2) is 0 Å². The molecule has 0 amide bonds. The minimum atomic E-state index is -5.04.